The number of aliphatic hydroxyl groups excluding tert-OH is 1. The molecule has 2 N–H and O–H groups in total. The third-order valence-corrected chi connectivity index (χ3v) is 3.81. The van der Waals surface area contributed by atoms with E-state index >= 15 is 0 Å². The molecule has 0 saturated carbocycles. The molecule has 0 fully saturated rings. The van der Waals surface area contributed by atoms with Crippen LogP contribution in [0.2, 0.25) is 5.02 Å². The highest BCUT2D eigenvalue weighted by Gasteiger charge is 2.20. The van der Waals surface area contributed by atoms with E-state index in [1.165, 1.54) is 6.07 Å². The predicted molar refractivity (Wildman–Crippen MR) is 89.6 cm³/mol. The van der Waals surface area contributed by atoms with Crippen LogP contribution in [0.4, 0.5) is 0 Å². The number of amides is 1. The molecule has 24 heavy (non-hydrogen) atoms. The van der Waals surface area contributed by atoms with Crippen LogP contribution in [-0.2, 0) is 6.61 Å². The highest BCUT2D eigenvalue weighted by Crippen LogP contribution is 2.24. The monoisotopic (exact) mass is 342 g/mol. The van der Waals surface area contributed by atoms with E-state index in [1.54, 1.807) is 30.6 Å². The van der Waals surface area contributed by atoms with Crippen molar-refractivity contribution in [3.8, 4) is 0 Å². The van der Waals surface area contributed by atoms with Gasteiger partial charge in [0, 0.05) is 17.4 Å². The Morgan fingerprint density at radius 3 is 2.38 bits per heavy atom. The number of hydrogen-bond acceptors (Lipinski definition) is 4. The van der Waals surface area contributed by atoms with E-state index in [1.807, 2.05) is 24.3 Å². The Morgan fingerprint density at radius 1 is 1.08 bits per heavy atom. The van der Waals surface area contributed by atoms with Crippen LogP contribution in [0.1, 0.15) is 33.5 Å². The van der Waals surface area contributed by atoms with Gasteiger partial charge >= 0.3 is 0 Å². The van der Waals surface area contributed by atoms with Gasteiger partial charge in [0.05, 0.1) is 6.04 Å². The summed E-state index contributed by atoms with van der Waals surface area (Å²) < 4.78 is 5.29. The first-order valence-electron chi connectivity index (χ1n) is 7.33. The molecule has 0 radical (unpaired) electrons. The molecular formula is C18H15ClN2O3. The minimum Gasteiger partial charge on any atom is -0.453 e. The molecule has 0 saturated heterocycles. The van der Waals surface area contributed by atoms with Crippen molar-refractivity contribution in [2.24, 2.45) is 0 Å². The Morgan fingerprint density at radius 2 is 1.75 bits per heavy atom. The van der Waals surface area contributed by atoms with Crippen LogP contribution in [0, 0.1) is 0 Å². The van der Waals surface area contributed by atoms with Gasteiger partial charge in [-0.2, -0.15) is 0 Å². The van der Waals surface area contributed by atoms with E-state index in [0.29, 0.717) is 10.8 Å². The van der Waals surface area contributed by atoms with Crippen LogP contribution >= 0.6 is 11.6 Å². The quantitative estimate of drug-likeness (QED) is 0.745. The molecule has 5 nitrogen and oxygen atoms in total. The Hall–Kier alpha value is -2.63. The summed E-state index contributed by atoms with van der Waals surface area (Å²) in [6.07, 6.45) is 3.34. The van der Waals surface area contributed by atoms with Crippen LogP contribution in [-0.4, -0.2) is 16.0 Å². The van der Waals surface area contributed by atoms with Crippen molar-refractivity contribution in [1.29, 1.82) is 0 Å². The molecule has 122 valence electrons. The number of pyridine rings is 1. The van der Waals surface area contributed by atoms with Crippen molar-refractivity contribution >= 4 is 17.5 Å². The van der Waals surface area contributed by atoms with E-state index in [4.69, 9.17) is 21.1 Å². The van der Waals surface area contributed by atoms with Crippen molar-refractivity contribution in [3.05, 3.63) is 88.6 Å². The molecule has 1 amide bonds. The smallest absolute Gasteiger partial charge is 0.287 e. The van der Waals surface area contributed by atoms with Crippen LogP contribution in [0.25, 0.3) is 0 Å². The predicted octanol–water partition coefficient (Wildman–Crippen LogP) is 3.34. The van der Waals surface area contributed by atoms with Gasteiger partial charge < -0.3 is 14.8 Å². The van der Waals surface area contributed by atoms with Gasteiger partial charge in [0.2, 0.25) is 0 Å². The Kier molecular flexibility index (Phi) is 4.93. The number of nitrogens with one attached hydrogen (secondary N) is 1. The summed E-state index contributed by atoms with van der Waals surface area (Å²) in [6, 6.07) is 13.7. The lowest BCUT2D eigenvalue weighted by Gasteiger charge is -2.19. The molecule has 0 aliphatic carbocycles. The Labute approximate surface area is 143 Å². The van der Waals surface area contributed by atoms with Gasteiger partial charge in [-0.1, -0.05) is 23.7 Å². The topological polar surface area (TPSA) is 75.4 Å². The van der Waals surface area contributed by atoms with Crippen LogP contribution in [0.15, 0.2) is 65.3 Å². The third-order valence-electron chi connectivity index (χ3n) is 3.56. The minimum atomic E-state index is -0.375. The lowest BCUT2D eigenvalue weighted by Crippen LogP contribution is -2.29. The molecule has 0 aliphatic heterocycles. The number of nitrogens with zero attached hydrogens (tertiary/aromatic N) is 1. The summed E-state index contributed by atoms with van der Waals surface area (Å²) in [5.74, 6) is 0.116. The number of carbonyl (C=O) groups is 1. The van der Waals surface area contributed by atoms with Crippen molar-refractivity contribution in [2.75, 3.05) is 0 Å². The SMILES string of the molecule is O=C(NC(c1ccncc1)c1ccc(Cl)cc1)c1ccc(CO)o1. The maximum Gasteiger partial charge on any atom is 0.287 e. The van der Waals surface area contributed by atoms with Crippen molar-refractivity contribution < 1.29 is 14.3 Å². The summed E-state index contributed by atoms with van der Waals surface area (Å²) in [7, 11) is 0. The first kappa shape index (κ1) is 16.2. The van der Waals surface area contributed by atoms with Crippen molar-refractivity contribution in [3.63, 3.8) is 0 Å². The standard InChI is InChI=1S/C18H15ClN2O3/c19-14-3-1-12(2-4-14)17(13-7-9-20-10-8-13)21-18(23)16-6-5-15(11-22)24-16/h1-10,17,22H,11H2,(H,21,23). The molecule has 1 unspecified atom stereocenters. The first-order chi connectivity index (χ1) is 11.7. The second-order valence-corrected chi connectivity index (χ2v) is 5.60. The summed E-state index contributed by atoms with van der Waals surface area (Å²) in [4.78, 5) is 16.5. The average Bonchev–Trinajstić information content (AvgIpc) is 3.10. The van der Waals surface area contributed by atoms with E-state index in [-0.39, 0.29) is 24.3 Å². The van der Waals surface area contributed by atoms with Crippen molar-refractivity contribution in [2.45, 2.75) is 12.6 Å². The average molecular weight is 343 g/mol. The largest absolute Gasteiger partial charge is 0.453 e. The highest BCUT2D eigenvalue weighted by molar-refractivity contribution is 6.30. The summed E-state index contributed by atoms with van der Waals surface area (Å²) in [5.41, 5.74) is 1.77. The molecule has 3 rings (SSSR count). The van der Waals surface area contributed by atoms with E-state index in [2.05, 4.69) is 10.3 Å². The lowest BCUT2D eigenvalue weighted by atomic mass is 9.99. The number of rotatable bonds is 5. The molecule has 6 heteroatoms. The zero-order chi connectivity index (χ0) is 16.9. The number of carbonyl (C=O) groups excluding carboxylic acids is 1. The molecule has 0 aliphatic rings. The molecule has 2 aromatic heterocycles. The van der Waals surface area contributed by atoms with Gasteiger partial charge in [-0.25, -0.2) is 0 Å². The van der Waals surface area contributed by atoms with Crippen LogP contribution < -0.4 is 5.32 Å². The molecular weight excluding hydrogens is 328 g/mol. The molecule has 0 bridgehead atoms. The summed E-state index contributed by atoms with van der Waals surface area (Å²) >= 11 is 5.95. The summed E-state index contributed by atoms with van der Waals surface area (Å²) in [5, 5.41) is 12.6. The zero-order valence-electron chi connectivity index (χ0n) is 12.6. The number of aromatic nitrogens is 1. The lowest BCUT2D eigenvalue weighted by molar-refractivity contribution is 0.0910. The molecule has 1 atom stereocenters. The Bertz CT molecular complexity index is 816. The van der Waals surface area contributed by atoms with Gasteiger partial charge in [-0.15, -0.1) is 0 Å². The molecule has 0 spiro atoms. The Balaban J connectivity index is 1.90. The van der Waals surface area contributed by atoms with Gasteiger partial charge in [0.15, 0.2) is 5.76 Å². The number of halogens is 1. The molecule has 3 aromatic rings. The van der Waals surface area contributed by atoms with E-state index < -0.39 is 0 Å². The number of hydrogen-bond donors (Lipinski definition) is 2. The van der Waals surface area contributed by atoms with Gasteiger partial charge in [-0.05, 0) is 47.5 Å². The van der Waals surface area contributed by atoms with E-state index in [0.717, 1.165) is 11.1 Å². The van der Waals surface area contributed by atoms with Crippen LogP contribution in [0.5, 0.6) is 0 Å². The number of furan rings is 1. The minimum absolute atomic E-state index is 0.145. The third kappa shape index (κ3) is 3.64. The van der Waals surface area contributed by atoms with Crippen molar-refractivity contribution in [1.82, 2.24) is 10.3 Å². The number of benzene rings is 1. The highest BCUT2D eigenvalue weighted by atomic mass is 35.5. The van der Waals surface area contributed by atoms with Gasteiger partial charge in [-0.3, -0.25) is 9.78 Å². The maximum absolute atomic E-state index is 12.5. The second kappa shape index (κ2) is 7.29. The summed E-state index contributed by atoms with van der Waals surface area (Å²) in [6.45, 7) is -0.252. The molecule has 1 aromatic carbocycles. The molecule has 2 heterocycles. The van der Waals surface area contributed by atoms with Gasteiger partial charge in [0.25, 0.3) is 5.91 Å². The fourth-order valence-corrected chi connectivity index (χ4v) is 2.48. The normalized spacial score (nSPS) is 11.9. The second-order valence-electron chi connectivity index (χ2n) is 5.16. The van der Waals surface area contributed by atoms with E-state index in [9.17, 15) is 4.79 Å². The zero-order valence-corrected chi connectivity index (χ0v) is 13.4. The number of aliphatic hydroxyl groups is 1. The first-order valence-corrected chi connectivity index (χ1v) is 7.71. The fraction of sp³-hybridized carbons (Fsp3) is 0.111. The van der Waals surface area contributed by atoms with Crippen LogP contribution in [0.3, 0.4) is 0 Å². The maximum atomic E-state index is 12.5. The fourth-order valence-electron chi connectivity index (χ4n) is 2.36. The van der Waals surface area contributed by atoms with Gasteiger partial charge in [0.1, 0.15) is 12.4 Å².